The Kier molecular flexibility index (Phi) is 4.16. The highest BCUT2D eigenvalue weighted by Crippen LogP contribution is 2.20. The standard InChI is InChI=1S/C12H15N3O3S/c1-8(2)10(16)13-5-6-15-12(17)18-11(14-15)9-4-3-7-19-9/h3-4,7-8H,5-6H2,1-2H3,(H,13,16). The van der Waals surface area contributed by atoms with Crippen molar-refractivity contribution in [2.75, 3.05) is 6.54 Å². The maximum atomic E-state index is 11.6. The zero-order valence-electron chi connectivity index (χ0n) is 10.8. The van der Waals surface area contributed by atoms with Crippen LogP contribution in [0.15, 0.2) is 26.7 Å². The lowest BCUT2D eigenvalue weighted by Gasteiger charge is -2.06. The summed E-state index contributed by atoms with van der Waals surface area (Å²) in [5.74, 6) is -0.317. The molecular weight excluding hydrogens is 266 g/mol. The third-order valence-electron chi connectivity index (χ3n) is 2.49. The third kappa shape index (κ3) is 3.31. The molecule has 0 saturated carbocycles. The normalized spacial score (nSPS) is 10.9. The van der Waals surface area contributed by atoms with Gasteiger partial charge in [0.2, 0.25) is 5.91 Å². The number of carbonyl (C=O) groups excluding carboxylic acids is 1. The van der Waals surface area contributed by atoms with Crippen molar-refractivity contribution in [3.63, 3.8) is 0 Å². The van der Waals surface area contributed by atoms with Crippen molar-refractivity contribution in [1.82, 2.24) is 15.1 Å². The Morgan fingerprint density at radius 2 is 2.37 bits per heavy atom. The molecule has 0 saturated heterocycles. The van der Waals surface area contributed by atoms with Crippen LogP contribution in [0.4, 0.5) is 0 Å². The first-order valence-corrected chi connectivity index (χ1v) is 6.85. The molecule has 2 heterocycles. The zero-order valence-corrected chi connectivity index (χ0v) is 11.6. The van der Waals surface area contributed by atoms with E-state index in [2.05, 4.69) is 10.4 Å². The molecular formula is C12H15N3O3S. The molecule has 2 rings (SSSR count). The van der Waals surface area contributed by atoms with Crippen molar-refractivity contribution in [3.05, 3.63) is 28.1 Å². The Labute approximate surface area is 114 Å². The van der Waals surface area contributed by atoms with E-state index in [4.69, 9.17) is 4.42 Å². The lowest BCUT2D eigenvalue weighted by molar-refractivity contribution is -0.124. The molecule has 0 aliphatic heterocycles. The summed E-state index contributed by atoms with van der Waals surface area (Å²) in [6.45, 7) is 4.28. The van der Waals surface area contributed by atoms with Crippen LogP contribution in [0.25, 0.3) is 10.8 Å². The van der Waals surface area contributed by atoms with E-state index in [1.807, 2.05) is 31.4 Å². The summed E-state index contributed by atoms with van der Waals surface area (Å²) in [6.07, 6.45) is 0. The second kappa shape index (κ2) is 5.83. The Hall–Kier alpha value is -1.89. The van der Waals surface area contributed by atoms with Crippen LogP contribution in [-0.2, 0) is 11.3 Å². The molecule has 6 nitrogen and oxygen atoms in total. The topological polar surface area (TPSA) is 77.1 Å². The average molecular weight is 281 g/mol. The molecule has 0 spiro atoms. The molecule has 0 aliphatic rings. The highest BCUT2D eigenvalue weighted by Gasteiger charge is 2.11. The lowest BCUT2D eigenvalue weighted by atomic mass is 10.2. The monoisotopic (exact) mass is 281 g/mol. The number of aromatic nitrogens is 2. The minimum absolute atomic E-state index is 0.0463. The summed E-state index contributed by atoms with van der Waals surface area (Å²) >= 11 is 1.45. The fourth-order valence-electron chi connectivity index (χ4n) is 1.44. The van der Waals surface area contributed by atoms with Crippen LogP contribution in [0.3, 0.4) is 0 Å². The van der Waals surface area contributed by atoms with Gasteiger partial charge in [-0.05, 0) is 11.4 Å². The van der Waals surface area contributed by atoms with E-state index < -0.39 is 5.76 Å². The van der Waals surface area contributed by atoms with Gasteiger partial charge >= 0.3 is 5.76 Å². The summed E-state index contributed by atoms with van der Waals surface area (Å²) in [6, 6.07) is 3.70. The Morgan fingerprint density at radius 1 is 1.58 bits per heavy atom. The maximum Gasteiger partial charge on any atom is 0.437 e. The van der Waals surface area contributed by atoms with E-state index in [0.29, 0.717) is 19.0 Å². The summed E-state index contributed by atoms with van der Waals surface area (Å²) in [5.41, 5.74) is 0. The van der Waals surface area contributed by atoms with E-state index in [1.165, 1.54) is 16.0 Å². The van der Waals surface area contributed by atoms with Crippen molar-refractivity contribution < 1.29 is 9.21 Å². The van der Waals surface area contributed by atoms with Crippen molar-refractivity contribution in [2.45, 2.75) is 20.4 Å². The predicted molar refractivity (Wildman–Crippen MR) is 71.9 cm³/mol. The summed E-state index contributed by atoms with van der Waals surface area (Å²) < 4.78 is 6.28. The van der Waals surface area contributed by atoms with E-state index in [0.717, 1.165) is 4.88 Å². The smallest absolute Gasteiger partial charge is 0.387 e. The second-order valence-electron chi connectivity index (χ2n) is 4.32. The number of carbonyl (C=O) groups is 1. The van der Waals surface area contributed by atoms with E-state index in [1.54, 1.807) is 0 Å². The molecule has 0 bridgehead atoms. The highest BCUT2D eigenvalue weighted by molar-refractivity contribution is 7.13. The van der Waals surface area contributed by atoms with Gasteiger partial charge in [0.1, 0.15) is 0 Å². The number of nitrogens with zero attached hydrogens (tertiary/aromatic N) is 2. The Morgan fingerprint density at radius 3 is 3.00 bits per heavy atom. The van der Waals surface area contributed by atoms with E-state index in [9.17, 15) is 9.59 Å². The highest BCUT2D eigenvalue weighted by atomic mass is 32.1. The molecule has 19 heavy (non-hydrogen) atoms. The molecule has 1 N–H and O–H groups in total. The third-order valence-corrected chi connectivity index (χ3v) is 3.34. The molecule has 0 unspecified atom stereocenters. The summed E-state index contributed by atoms with van der Waals surface area (Å²) in [4.78, 5) is 23.7. The van der Waals surface area contributed by atoms with Crippen molar-refractivity contribution in [2.24, 2.45) is 5.92 Å². The SMILES string of the molecule is CC(C)C(=O)NCCn1nc(-c2cccs2)oc1=O. The molecule has 0 atom stereocenters. The van der Waals surface area contributed by atoms with Crippen molar-refractivity contribution in [1.29, 1.82) is 0 Å². The van der Waals surface area contributed by atoms with Gasteiger partial charge in [-0.3, -0.25) is 4.79 Å². The first kappa shape index (κ1) is 13.5. The molecule has 0 aromatic carbocycles. The van der Waals surface area contributed by atoms with Crippen molar-refractivity contribution in [3.8, 4) is 10.8 Å². The van der Waals surface area contributed by atoms with Gasteiger partial charge in [-0.15, -0.1) is 16.4 Å². The predicted octanol–water partition coefficient (Wildman–Crippen LogP) is 1.34. The van der Waals surface area contributed by atoms with Crippen LogP contribution in [-0.4, -0.2) is 22.2 Å². The number of nitrogens with one attached hydrogen (secondary N) is 1. The van der Waals surface area contributed by atoms with Crippen molar-refractivity contribution >= 4 is 17.2 Å². The number of rotatable bonds is 5. The molecule has 102 valence electrons. The van der Waals surface area contributed by atoms with E-state index >= 15 is 0 Å². The quantitative estimate of drug-likeness (QED) is 0.897. The van der Waals surface area contributed by atoms with Crippen LogP contribution in [0.2, 0.25) is 0 Å². The van der Waals surface area contributed by atoms with Crippen LogP contribution in [0.1, 0.15) is 13.8 Å². The lowest BCUT2D eigenvalue weighted by Crippen LogP contribution is -2.32. The molecule has 2 aromatic rings. The van der Waals surface area contributed by atoms with Gasteiger partial charge in [-0.1, -0.05) is 19.9 Å². The zero-order chi connectivity index (χ0) is 13.8. The van der Waals surface area contributed by atoms with Gasteiger partial charge in [-0.2, -0.15) is 4.68 Å². The largest absolute Gasteiger partial charge is 0.437 e. The summed E-state index contributed by atoms with van der Waals surface area (Å²) in [5, 5.41) is 8.70. The molecule has 0 fully saturated rings. The minimum atomic E-state index is -0.512. The minimum Gasteiger partial charge on any atom is -0.387 e. The average Bonchev–Trinajstić information content (AvgIpc) is 2.99. The van der Waals surface area contributed by atoms with E-state index in [-0.39, 0.29) is 11.8 Å². The number of amides is 1. The number of hydrogen-bond donors (Lipinski definition) is 1. The number of thiophene rings is 1. The second-order valence-corrected chi connectivity index (χ2v) is 5.27. The van der Waals surface area contributed by atoms with Gasteiger partial charge in [0.05, 0.1) is 11.4 Å². The maximum absolute atomic E-state index is 11.6. The Bertz CT molecular complexity index is 598. The molecule has 0 aliphatic carbocycles. The first-order chi connectivity index (χ1) is 9.08. The van der Waals surface area contributed by atoms with Gasteiger partial charge in [0, 0.05) is 12.5 Å². The fraction of sp³-hybridized carbons (Fsp3) is 0.417. The van der Waals surface area contributed by atoms with Gasteiger partial charge in [-0.25, -0.2) is 4.79 Å². The van der Waals surface area contributed by atoms with Crippen LogP contribution in [0.5, 0.6) is 0 Å². The van der Waals surface area contributed by atoms with Crippen LogP contribution >= 0.6 is 11.3 Å². The molecule has 7 heteroatoms. The summed E-state index contributed by atoms with van der Waals surface area (Å²) in [7, 11) is 0. The number of hydrogen-bond acceptors (Lipinski definition) is 5. The van der Waals surface area contributed by atoms with Gasteiger partial charge in [0.25, 0.3) is 5.89 Å². The Balaban J connectivity index is 1.98. The first-order valence-electron chi connectivity index (χ1n) is 5.97. The van der Waals surface area contributed by atoms with Crippen LogP contribution in [0, 0.1) is 5.92 Å². The molecule has 0 radical (unpaired) electrons. The fourth-order valence-corrected chi connectivity index (χ4v) is 2.08. The molecule has 2 aromatic heterocycles. The van der Waals surface area contributed by atoms with Gasteiger partial charge in [0.15, 0.2) is 0 Å². The molecule has 1 amide bonds. The van der Waals surface area contributed by atoms with Gasteiger partial charge < -0.3 is 9.73 Å². The van der Waals surface area contributed by atoms with Crippen LogP contribution < -0.4 is 11.1 Å².